The van der Waals surface area contributed by atoms with E-state index in [1.807, 2.05) is 6.92 Å². The maximum Gasteiger partial charge on any atom is 0.307 e. The number of carbonyl (C=O) groups excluding carboxylic acids is 1. The molecule has 106 valence electrons. The van der Waals surface area contributed by atoms with Crippen LogP contribution in [0, 0.1) is 6.92 Å². The first-order chi connectivity index (χ1) is 9.56. The lowest BCUT2D eigenvalue weighted by atomic mass is 10.3. The Morgan fingerprint density at radius 3 is 2.90 bits per heavy atom. The van der Waals surface area contributed by atoms with Crippen LogP contribution in [0.4, 0.5) is 0 Å². The molecule has 0 aliphatic rings. The first kappa shape index (κ1) is 14.7. The number of nitrogens with zero attached hydrogens (tertiary/aromatic N) is 2. The minimum absolute atomic E-state index is 0.0581. The number of rotatable bonds is 5. The van der Waals surface area contributed by atoms with E-state index in [4.69, 9.17) is 16.3 Å². The fourth-order valence-corrected chi connectivity index (χ4v) is 2.48. The summed E-state index contributed by atoms with van der Waals surface area (Å²) in [6.07, 6.45) is 1.72. The second-order valence-electron chi connectivity index (χ2n) is 4.19. The van der Waals surface area contributed by atoms with E-state index in [0.717, 1.165) is 22.6 Å². The van der Waals surface area contributed by atoms with Crippen molar-refractivity contribution in [3.8, 4) is 0 Å². The summed E-state index contributed by atoms with van der Waals surface area (Å²) in [4.78, 5) is 26.9. The maximum absolute atomic E-state index is 11.6. The van der Waals surface area contributed by atoms with Gasteiger partial charge in [0.2, 0.25) is 0 Å². The van der Waals surface area contributed by atoms with Crippen molar-refractivity contribution in [2.24, 2.45) is 0 Å². The standard InChI is InChI=1S/C13H13ClN2O3S/c1-9-8-20-13(18)16(9)5-4-12(17)19-7-10-2-3-11(14)15-6-10/h2-3,6,8H,4-5,7H2,1H3. The highest BCUT2D eigenvalue weighted by Gasteiger charge is 2.08. The summed E-state index contributed by atoms with van der Waals surface area (Å²) in [7, 11) is 0. The summed E-state index contributed by atoms with van der Waals surface area (Å²) in [5.74, 6) is -0.350. The molecule has 2 rings (SSSR count). The van der Waals surface area contributed by atoms with E-state index in [-0.39, 0.29) is 23.9 Å². The van der Waals surface area contributed by atoms with Crippen LogP contribution < -0.4 is 4.87 Å². The van der Waals surface area contributed by atoms with Crippen LogP contribution >= 0.6 is 22.9 Å². The number of ether oxygens (including phenoxy) is 1. The van der Waals surface area contributed by atoms with E-state index >= 15 is 0 Å². The molecule has 0 unspecified atom stereocenters. The van der Waals surface area contributed by atoms with Crippen LogP contribution in [0.1, 0.15) is 17.7 Å². The van der Waals surface area contributed by atoms with Crippen molar-refractivity contribution < 1.29 is 9.53 Å². The molecule has 2 heterocycles. The fourth-order valence-electron chi connectivity index (χ4n) is 1.61. The highest BCUT2D eigenvalue weighted by Crippen LogP contribution is 2.07. The van der Waals surface area contributed by atoms with Crippen molar-refractivity contribution in [1.82, 2.24) is 9.55 Å². The van der Waals surface area contributed by atoms with Crippen molar-refractivity contribution in [3.63, 3.8) is 0 Å². The SMILES string of the molecule is Cc1csc(=O)n1CCC(=O)OCc1ccc(Cl)nc1. The van der Waals surface area contributed by atoms with E-state index in [1.54, 1.807) is 28.3 Å². The van der Waals surface area contributed by atoms with Crippen LogP contribution in [0.5, 0.6) is 0 Å². The molecule has 0 N–H and O–H groups in total. The largest absolute Gasteiger partial charge is 0.461 e. The lowest BCUT2D eigenvalue weighted by Gasteiger charge is -2.06. The predicted octanol–water partition coefficient (Wildman–Crippen LogP) is 2.40. The van der Waals surface area contributed by atoms with Gasteiger partial charge in [0, 0.05) is 29.4 Å². The molecule has 0 aromatic carbocycles. The Labute approximate surface area is 124 Å². The number of thiazole rings is 1. The molecule has 2 aromatic heterocycles. The van der Waals surface area contributed by atoms with E-state index < -0.39 is 0 Å². The van der Waals surface area contributed by atoms with Gasteiger partial charge in [-0.1, -0.05) is 29.0 Å². The fraction of sp³-hybridized carbons (Fsp3) is 0.308. The van der Waals surface area contributed by atoms with Gasteiger partial charge < -0.3 is 9.30 Å². The molecule has 0 aliphatic carbocycles. The van der Waals surface area contributed by atoms with E-state index in [2.05, 4.69) is 4.98 Å². The molecule has 20 heavy (non-hydrogen) atoms. The molecule has 0 saturated carbocycles. The normalized spacial score (nSPS) is 10.5. The van der Waals surface area contributed by atoms with E-state index in [1.165, 1.54) is 0 Å². The van der Waals surface area contributed by atoms with Gasteiger partial charge in [-0.25, -0.2) is 4.98 Å². The number of aromatic nitrogens is 2. The molecular formula is C13H13ClN2O3S. The third-order valence-corrected chi connectivity index (χ3v) is 3.81. The molecule has 0 aliphatic heterocycles. The van der Waals surface area contributed by atoms with Gasteiger partial charge in [0.1, 0.15) is 11.8 Å². The van der Waals surface area contributed by atoms with Crippen molar-refractivity contribution in [2.45, 2.75) is 26.5 Å². The molecule has 0 atom stereocenters. The number of carbonyl (C=O) groups is 1. The van der Waals surface area contributed by atoms with E-state index in [0.29, 0.717) is 11.7 Å². The third-order valence-electron chi connectivity index (χ3n) is 2.70. The number of aryl methyl sites for hydroxylation is 1. The molecule has 5 nitrogen and oxygen atoms in total. The highest BCUT2D eigenvalue weighted by molar-refractivity contribution is 7.07. The van der Waals surface area contributed by atoms with E-state index in [9.17, 15) is 9.59 Å². The first-order valence-corrected chi connectivity index (χ1v) is 7.23. The van der Waals surface area contributed by atoms with Crippen molar-refractivity contribution >= 4 is 28.9 Å². The second-order valence-corrected chi connectivity index (χ2v) is 5.40. The zero-order valence-electron chi connectivity index (χ0n) is 10.8. The maximum atomic E-state index is 11.6. The predicted molar refractivity (Wildman–Crippen MR) is 77.0 cm³/mol. The third kappa shape index (κ3) is 3.91. The number of pyridine rings is 1. The summed E-state index contributed by atoms with van der Waals surface area (Å²) in [6, 6.07) is 3.38. The van der Waals surface area contributed by atoms with Crippen LogP contribution in [-0.4, -0.2) is 15.5 Å². The van der Waals surface area contributed by atoms with Crippen LogP contribution in [0.25, 0.3) is 0 Å². The Kier molecular flexibility index (Phi) is 4.92. The molecule has 2 aromatic rings. The lowest BCUT2D eigenvalue weighted by molar-refractivity contribution is -0.145. The Hall–Kier alpha value is -1.66. The molecule has 0 fully saturated rings. The Morgan fingerprint density at radius 1 is 1.50 bits per heavy atom. The van der Waals surface area contributed by atoms with Gasteiger partial charge in [-0.15, -0.1) is 0 Å². The number of esters is 1. The first-order valence-electron chi connectivity index (χ1n) is 5.97. The molecule has 0 spiro atoms. The van der Waals surface area contributed by atoms with Gasteiger partial charge in [0.05, 0.1) is 6.42 Å². The molecule has 0 saturated heterocycles. The summed E-state index contributed by atoms with van der Waals surface area (Å²) < 4.78 is 6.68. The van der Waals surface area contributed by atoms with Crippen molar-refractivity contribution in [2.75, 3.05) is 0 Å². The molecule has 7 heteroatoms. The van der Waals surface area contributed by atoms with Crippen LogP contribution in [0.2, 0.25) is 5.15 Å². The van der Waals surface area contributed by atoms with Crippen LogP contribution in [0.15, 0.2) is 28.5 Å². The summed E-state index contributed by atoms with van der Waals surface area (Å²) in [5, 5.41) is 2.17. The smallest absolute Gasteiger partial charge is 0.307 e. The number of hydrogen-bond donors (Lipinski definition) is 0. The quantitative estimate of drug-likeness (QED) is 0.628. The molecule has 0 bridgehead atoms. The topological polar surface area (TPSA) is 61.2 Å². The van der Waals surface area contributed by atoms with Crippen molar-refractivity contribution in [3.05, 3.63) is 49.8 Å². The van der Waals surface area contributed by atoms with Crippen LogP contribution in [-0.2, 0) is 22.7 Å². The molecule has 0 amide bonds. The summed E-state index contributed by atoms with van der Waals surface area (Å²) in [5.41, 5.74) is 1.63. The van der Waals surface area contributed by atoms with Gasteiger partial charge in [0.25, 0.3) is 0 Å². The minimum Gasteiger partial charge on any atom is -0.461 e. The summed E-state index contributed by atoms with van der Waals surface area (Å²) >= 11 is 6.79. The molecular weight excluding hydrogens is 300 g/mol. The zero-order valence-corrected chi connectivity index (χ0v) is 12.4. The Morgan fingerprint density at radius 2 is 2.30 bits per heavy atom. The number of halogens is 1. The highest BCUT2D eigenvalue weighted by atomic mass is 35.5. The molecule has 0 radical (unpaired) electrons. The van der Waals surface area contributed by atoms with Crippen molar-refractivity contribution in [1.29, 1.82) is 0 Å². The van der Waals surface area contributed by atoms with Gasteiger partial charge >= 0.3 is 10.8 Å². The average Bonchev–Trinajstić information content (AvgIpc) is 2.75. The summed E-state index contributed by atoms with van der Waals surface area (Å²) in [6.45, 7) is 2.33. The number of hydrogen-bond acceptors (Lipinski definition) is 5. The monoisotopic (exact) mass is 312 g/mol. The average molecular weight is 313 g/mol. The zero-order chi connectivity index (χ0) is 14.5. The van der Waals surface area contributed by atoms with Gasteiger partial charge in [0.15, 0.2) is 0 Å². The van der Waals surface area contributed by atoms with Gasteiger partial charge in [-0.2, -0.15) is 0 Å². The minimum atomic E-state index is -0.350. The lowest BCUT2D eigenvalue weighted by Crippen LogP contribution is -2.17. The van der Waals surface area contributed by atoms with Gasteiger partial charge in [-0.05, 0) is 13.0 Å². The van der Waals surface area contributed by atoms with Crippen LogP contribution in [0.3, 0.4) is 0 Å². The Balaban J connectivity index is 1.81. The second kappa shape index (κ2) is 6.67. The Bertz CT molecular complexity index is 648. The van der Waals surface area contributed by atoms with Gasteiger partial charge in [-0.3, -0.25) is 9.59 Å².